The Labute approximate surface area is 249 Å². The summed E-state index contributed by atoms with van der Waals surface area (Å²) in [6.07, 6.45) is 2.65. The summed E-state index contributed by atoms with van der Waals surface area (Å²) in [4.78, 5) is 58.3. The largest absolute Gasteiger partial charge is 0.510 e. The first-order valence-electron chi connectivity index (χ1n) is 14.3. The molecular formula is C30H39N5O8. The summed E-state index contributed by atoms with van der Waals surface area (Å²) in [5.74, 6) is -7.55. The van der Waals surface area contributed by atoms with Gasteiger partial charge in [0.1, 0.15) is 17.1 Å². The molecule has 0 radical (unpaired) electrons. The van der Waals surface area contributed by atoms with Crippen LogP contribution in [0.1, 0.15) is 41.6 Å². The number of Topliss-reactive ketones (excluding diaryl/α,β-unsaturated/α-hetero) is 2. The number of piperidine rings is 1. The van der Waals surface area contributed by atoms with Crippen LogP contribution in [0.2, 0.25) is 0 Å². The van der Waals surface area contributed by atoms with Gasteiger partial charge in [0.15, 0.2) is 17.1 Å². The minimum Gasteiger partial charge on any atom is -0.510 e. The number of aromatic hydroxyl groups is 1. The summed E-state index contributed by atoms with van der Waals surface area (Å²) < 4.78 is 0. The van der Waals surface area contributed by atoms with Crippen molar-refractivity contribution < 1.29 is 39.6 Å². The van der Waals surface area contributed by atoms with Gasteiger partial charge < -0.3 is 36.4 Å². The molecule has 0 bridgehead atoms. The molecule has 1 aromatic rings. The minimum absolute atomic E-state index is 0.00804. The Kier molecular flexibility index (Phi) is 7.56. The van der Waals surface area contributed by atoms with Crippen LogP contribution >= 0.6 is 0 Å². The molecule has 1 aliphatic heterocycles. The van der Waals surface area contributed by atoms with Gasteiger partial charge in [-0.2, -0.15) is 0 Å². The zero-order valence-corrected chi connectivity index (χ0v) is 25.0. The number of phenolic OH excluding ortho intramolecular Hbond substituents is 1. The number of nitrogens with zero attached hydrogens (tertiary/aromatic N) is 3. The van der Waals surface area contributed by atoms with Gasteiger partial charge in [0.05, 0.1) is 23.3 Å². The number of ketones is 2. The van der Waals surface area contributed by atoms with Crippen LogP contribution in [0.4, 0.5) is 11.4 Å². The van der Waals surface area contributed by atoms with Gasteiger partial charge in [-0.1, -0.05) is 6.42 Å². The van der Waals surface area contributed by atoms with Gasteiger partial charge in [0, 0.05) is 31.3 Å². The summed E-state index contributed by atoms with van der Waals surface area (Å²) in [6, 6.07) is 0.132. The van der Waals surface area contributed by atoms with Crippen LogP contribution in [-0.2, 0) is 20.8 Å². The number of aliphatic hydroxyl groups is 3. The summed E-state index contributed by atoms with van der Waals surface area (Å²) in [6.45, 7) is 0.756. The molecule has 1 heterocycles. The van der Waals surface area contributed by atoms with Crippen molar-refractivity contribution in [2.75, 3.05) is 52.0 Å². The predicted octanol–water partition coefficient (Wildman–Crippen LogP) is 0.609. The quantitative estimate of drug-likeness (QED) is 0.205. The highest BCUT2D eigenvalue weighted by Crippen LogP contribution is 2.54. The second-order valence-electron chi connectivity index (χ2n) is 12.5. The number of allylic oxidation sites excluding steroid dienone is 1. The molecule has 1 aromatic carbocycles. The first kappa shape index (κ1) is 30.5. The minimum atomic E-state index is -2.72. The van der Waals surface area contributed by atoms with E-state index in [9.17, 15) is 39.6 Å². The fourth-order valence-electron chi connectivity index (χ4n) is 7.42. The lowest BCUT2D eigenvalue weighted by atomic mass is 9.58. The van der Waals surface area contributed by atoms with Gasteiger partial charge in [0.25, 0.3) is 5.91 Å². The number of carbonyl (C=O) groups is 4. The number of aliphatic hydroxyl groups excluding tert-OH is 2. The van der Waals surface area contributed by atoms with Crippen LogP contribution in [0.3, 0.4) is 0 Å². The Hall–Kier alpha value is -3.94. The normalized spacial score (nSPS) is 29.3. The molecule has 1 saturated heterocycles. The van der Waals surface area contributed by atoms with Crippen molar-refractivity contribution in [2.24, 2.45) is 17.6 Å². The number of hydrogen-bond acceptors (Lipinski definition) is 11. The van der Waals surface area contributed by atoms with Crippen molar-refractivity contribution in [3.8, 4) is 5.75 Å². The van der Waals surface area contributed by atoms with Gasteiger partial charge in [-0.05, 0) is 70.9 Å². The van der Waals surface area contributed by atoms with E-state index < -0.39 is 69.8 Å². The van der Waals surface area contributed by atoms with E-state index in [2.05, 4.69) is 5.32 Å². The fourth-order valence-corrected chi connectivity index (χ4v) is 7.42. The van der Waals surface area contributed by atoms with Crippen LogP contribution in [0.5, 0.6) is 5.75 Å². The standard InChI is InChI=1S/C30H39N5O8/c1-33(2)18-12-16(32-29(42)17-8-6-7-9-35(17)5)23(36)20-14(18)10-13-11-15-22(34(3)4)25(38)21(28(31)41)27(40)30(15,43)26(39)19(13)24(20)37/h12-13,15,17,22,36,38-39,43H,6-11H2,1-5H3,(H2,31,41)(H,32,42)/t13?,15-,17?,22-,30-/m0/s1. The smallest absolute Gasteiger partial charge is 0.255 e. The highest BCUT2D eigenvalue weighted by molar-refractivity contribution is 6.25. The maximum absolute atomic E-state index is 14.2. The van der Waals surface area contributed by atoms with Crippen molar-refractivity contribution >= 4 is 34.8 Å². The number of phenols is 1. The number of benzene rings is 1. The third-order valence-electron chi connectivity index (χ3n) is 9.51. The van der Waals surface area contributed by atoms with Gasteiger partial charge >= 0.3 is 0 Å². The number of amides is 2. The van der Waals surface area contributed by atoms with Crippen molar-refractivity contribution in [3.63, 3.8) is 0 Å². The van der Waals surface area contributed by atoms with E-state index in [1.807, 2.05) is 11.9 Å². The van der Waals surface area contributed by atoms with Crippen LogP contribution in [0.25, 0.3) is 0 Å². The number of rotatable bonds is 5. The summed E-state index contributed by atoms with van der Waals surface area (Å²) in [5.41, 5.74) is 2.48. The third-order valence-corrected chi connectivity index (χ3v) is 9.51. The summed E-state index contributed by atoms with van der Waals surface area (Å²) in [5, 5.41) is 48.5. The number of likely N-dealkylation sites (N-methyl/N-ethyl adjacent to an activating group) is 2. The molecular weight excluding hydrogens is 558 g/mol. The topological polar surface area (TPSA) is 197 Å². The summed E-state index contributed by atoms with van der Waals surface area (Å²) in [7, 11) is 8.53. The van der Waals surface area contributed by atoms with Crippen molar-refractivity contribution in [2.45, 2.75) is 49.8 Å². The van der Waals surface area contributed by atoms with Crippen LogP contribution < -0.4 is 16.0 Å². The predicted molar refractivity (Wildman–Crippen MR) is 157 cm³/mol. The third kappa shape index (κ3) is 4.48. The maximum Gasteiger partial charge on any atom is 0.255 e. The molecule has 13 nitrogen and oxygen atoms in total. The maximum atomic E-state index is 14.2. The number of fused-ring (bicyclic) bond motifs is 3. The van der Waals surface area contributed by atoms with Crippen LogP contribution in [0, 0.1) is 11.8 Å². The van der Waals surface area contributed by atoms with Crippen molar-refractivity contribution in [3.05, 3.63) is 39.9 Å². The molecule has 4 aliphatic rings. The van der Waals surface area contributed by atoms with E-state index in [0.29, 0.717) is 17.7 Å². The number of carbonyl (C=O) groups excluding carboxylic acids is 4. The lowest BCUT2D eigenvalue weighted by Crippen LogP contribution is -2.63. The number of anilines is 2. The van der Waals surface area contributed by atoms with Gasteiger partial charge in [-0.3, -0.25) is 29.0 Å². The molecule has 232 valence electrons. The molecule has 0 saturated carbocycles. The lowest BCUT2D eigenvalue weighted by Gasteiger charge is -2.50. The molecule has 5 rings (SSSR count). The van der Waals surface area contributed by atoms with E-state index in [4.69, 9.17) is 5.73 Å². The van der Waals surface area contributed by atoms with Gasteiger partial charge in [-0.15, -0.1) is 0 Å². The van der Waals surface area contributed by atoms with E-state index in [-0.39, 0.29) is 35.6 Å². The van der Waals surface area contributed by atoms with Crippen molar-refractivity contribution in [1.29, 1.82) is 0 Å². The Morgan fingerprint density at radius 1 is 1.12 bits per heavy atom. The molecule has 2 unspecified atom stereocenters. The second kappa shape index (κ2) is 10.6. The molecule has 0 aromatic heterocycles. The lowest BCUT2D eigenvalue weighted by molar-refractivity contribution is -0.148. The monoisotopic (exact) mass is 597 g/mol. The number of nitrogens with two attached hydrogens (primary N) is 1. The highest BCUT2D eigenvalue weighted by atomic mass is 16.3. The Balaban J connectivity index is 1.64. The molecule has 0 spiro atoms. The van der Waals surface area contributed by atoms with Gasteiger partial charge in [0.2, 0.25) is 11.7 Å². The average molecular weight is 598 g/mol. The first-order valence-corrected chi connectivity index (χ1v) is 14.3. The highest BCUT2D eigenvalue weighted by Gasteiger charge is 2.63. The average Bonchev–Trinajstić information content (AvgIpc) is 2.91. The van der Waals surface area contributed by atoms with Crippen LogP contribution in [0.15, 0.2) is 28.7 Å². The fraction of sp³-hybridized carbons (Fsp3) is 0.533. The Morgan fingerprint density at radius 2 is 1.79 bits per heavy atom. The van der Waals surface area contributed by atoms with E-state index in [0.717, 1.165) is 19.4 Å². The molecule has 1 fully saturated rings. The first-order chi connectivity index (χ1) is 20.1. The number of hydrogen-bond donors (Lipinski definition) is 6. The Morgan fingerprint density at radius 3 is 2.37 bits per heavy atom. The van der Waals surface area contributed by atoms with Gasteiger partial charge in [-0.25, -0.2) is 0 Å². The molecule has 43 heavy (non-hydrogen) atoms. The zero-order valence-electron chi connectivity index (χ0n) is 25.0. The van der Waals surface area contributed by atoms with E-state index in [1.165, 1.54) is 4.90 Å². The molecule has 2 amide bonds. The number of primary amides is 1. The molecule has 3 aliphatic carbocycles. The molecule has 7 N–H and O–H groups in total. The number of likely N-dealkylation sites (tertiary alicyclic amines) is 1. The zero-order chi connectivity index (χ0) is 31.7. The Bertz CT molecular complexity index is 1500. The van der Waals surface area contributed by atoms with Crippen LogP contribution in [-0.4, -0.2) is 113 Å². The molecule has 13 heteroatoms. The van der Waals surface area contributed by atoms with Crippen molar-refractivity contribution in [1.82, 2.24) is 9.80 Å². The summed E-state index contributed by atoms with van der Waals surface area (Å²) >= 11 is 0. The second-order valence-corrected chi connectivity index (χ2v) is 12.5. The van der Waals surface area contributed by atoms with E-state index in [1.54, 1.807) is 39.2 Å². The number of nitrogens with one attached hydrogen (secondary N) is 1. The molecule has 5 atom stereocenters. The SMILES string of the molecule is CN(C)c1cc(NC(=O)C2CCCCN2C)c(O)c2c1CC1C[C@H]3[C@H](N(C)C)C(O)=C(C(N)=O)C(=O)[C@@]3(O)C(O)=C1C2=O. The van der Waals surface area contributed by atoms with E-state index >= 15 is 0 Å².